The smallest absolute Gasteiger partial charge is 0.308 e. The fourth-order valence-corrected chi connectivity index (χ4v) is 4.08. The predicted molar refractivity (Wildman–Crippen MR) is 76.4 cm³/mol. The Morgan fingerprint density at radius 2 is 1.90 bits per heavy atom. The SMILES string of the molecule is O=C(O)Cc1ccc(S(=O)(=O)NCCCCCCO)s1. The van der Waals surface area contributed by atoms with Gasteiger partial charge in [-0.2, -0.15) is 0 Å². The molecule has 0 amide bonds. The van der Waals surface area contributed by atoms with Gasteiger partial charge in [-0.05, 0) is 25.0 Å². The van der Waals surface area contributed by atoms with Crippen LogP contribution >= 0.6 is 11.3 Å². The van der Waals surface area contributed by atoms with Gasteiger partial charge in [-0.3, -0.25) is 4.79 Å². The summed E-state index contributed by atoms with van der Waals surface area (Å²) in [5.41, 5.74) is 0. The largest absolute Gasteiger partial charge is 0.481 e. The first-order valence-electron chi connectivity index (χ1n) is 6.37. The Bertz CT molecular complexity index is 524. The Hall–Kier alpha value is -0.960. The van der Waals surface area contributed by atoms with Gasteiger partial charge in [-0.1, -0.05) is 12.8 Å². The minimum Gasteiger partial charge on any atom is -0.481 e. The molecule has 20 heavy (non-hydrogen) atoms. The maximum atomic E-state index is 11.9. The first-order valence-corrected chi connectivity index (χ1v) is 8.66. The van der Waals surface area contributed by atoms with Crippen molar-refractivity contribution in [3.63, 3.8) is 0 Å². The molecule has 0 unspecified atom stereocenters. The number of carboxylic acid groups (broad SMARTS) is 1. The van der Waals surface area contributed by atoms with Crippen molar-refractivity contribution in [2.45, 2.75) is 36.3 Å². The maximum Gasteiger partial charge on any atom is 0.308 e. The summed E-state index contributed by atoms with van der Waals surface area (Å²) < 4.78 is 26.5. The molecule has 0 aliphatic carbocycles. The highest BCUT2D eigenvalue weighted by Crippen LogP contribution is 2.21. The van der Waals surface area contributed by atoms with Gasteiger partial charge in [-0.15, -0.1) is 11.3 Å². The zero-order valence-corrected chi connectivity index (χ0v) is 12.7. The number of nitrogens with one attached hydrogen (secondary N) is 1. The Morgan fingerprint density at radius 1 is 1.20 bits per heavy atom. The molecule has 8 heteroatoms. The molecule has 0 aromatic carbocycles. The number of aliphatic carboxylic acids is 1. The van der Waals surface area contributed by atoms with E-state index < -0.39 is 16.0 Å². The van der Waals surface area contributed by atoms with Crippen molar-refractivity contribution in [3.05, 3.63) is 17.0 Å². The number of carboxylic acids is 1. The summed E-state index contributed by atoms with van der Waals surface area (Å²) in [6, 6.07) is 2.95. The molecule has 3 N–H and O–H groups in total. The molecule has 0 atom stereocenters. The van der Waals surface area contributed by atoms with Gasteiger partial charge in [0.25, 0.3) is 0 Å². The van der Waals surface area contributed by atoms with Gasteiger partial charge in [0.2, 0.25) is 10.0 Å². The second kappa shape index (κ2) is 8.35. The first kappa shape index (κ1) is 17.1. The maximum absolute atomic E-state index is 11.9. The standard InChI is InChI=1S/C12H19NO5S2/c14-8-4-2-1-3-7-13-20(17,18)12-6-5-10(19-12)9-11(15)16/h5-6,13-14H,1-4,7-9H2,(H,15,16). The van der Waals surface area contributed by atoms with Crippen LogP contribution in [-0.2, 0) is 21.2 Å². The molecular weight excluding hydrogens is 302 g/mol. The van der Waals surface area contributed by atoms with Gasteiger partial charge in [0.15, 0.2) is 0 Å². The van der Waals surface area contributed by atoms with Crippen molar-refractivity contribution in [3.8, 4) is 0 Å². The molecule has 1 heterocycles. The summed E-state index contributed by atoms with van der Waals surface area (Å²) >= 11 is 0.976. The second-order valence-corrected chi connectivity index (χ2v) is 7.49. The number of unbranched alkanes of at least 4 members (excludes halogenated alkanes) is 3. The molecule has 0 radical (unpaired) electrons. The number of hydrogen-bond donors (Lipinski definition) is 3. The number of carbonyl (C=O) groups is 1. The normalized spacial score (nSPS) is 11.7. The zero-order valence-electron chi connectivity index (χ0n) is 11.0. The summed E-state index contributed by atoms with van der Waals surface area (Å²) in [4.78, 5) is 11.1. The summed E-state index contributed by atoms with van der Waals surface area (Å²) in [5.74, 6) is -0.979. The van der Waals surface area contributed by atoms with Crippen LogP contribution < -0.4 is 4.72 Å². The Morgan fingerprint density at radius 3 is 2.55 bits per heavy atom. The quantitative estimate of drug-likeness (QED) is 0.562. The van der Waals surface area contributed by atoms with Crippen molar-refractivity contribution in [2.75, 3.05) is 13.2 Å². The van der Waals surface area contributed by atoms with Crippen LogP contribution in [-0.4, -0.2) is 37.8 Å². The number of aliphatic hydroxyl groups is 1. The molecule has 1 aromatic rings. The third-order valence-corrected chi connectivity index (χ3v) is 5.64. The number of rotatable bonds is 10. The average molecular weight is 321 g/mol. The molecule has 0 saturated carbocycles. The van der Waals surface area contributed by atoms with E-state index in [1.165, 1.54) is 12.1 Å². The van der Waals surface area contributed by atoms with Crippen LogP contribution in [0.1, 0.15) is 30.6 Å². The topological polar surface area (TPSA) is 104 Å². The number of sulfonamides is 1. The molecule has 1 rings (SSSR count). The summed E-state index contributed by atoms with van der Waals surface area (Å²) in [7, 11) is -3.54. The number of aliphatic hydroxyl groups excluding tert-OH is 1. The fraction of sp³-hybridized carbons (Fsp3) is 0.583. The van der Waals surface area contributed by atoms with E-state index in [1.54, 1.807) is 0 Å². The van der Waals surface area contributed by atoms with E-state index in [-0.39, 0.29) is 17.2 Å². The number of thiophene rings is 1. The minimum absolute atomic E-state index is 0.143. The predicted octanol–water partition coefficient (Wildman–Crippen LogP) is 1.21. The van der Waals surface area contributed by atoms with Crippen molar-refractivity contribution in [1.29, 1.82) is 0 Å². The Labute approximate surface area is 122 Å². The zero-order chi connectivity index (χ0) is 15.0. The lowest BCUT2D eigenvalue weighted by Gasteiger charge is -2.04. The van der Waals surface area contributed by atoms with E-state index >= 15 is 0 Å². The third-order valence-electron chi connectivity index (χ3n) is 2.60. The minimum atomic E-state index is -3.54. The van der Waals surface area contributed by atoms with Gasteiger partial charge >= 0.3 is 5.97 Å². The molecule has 0 aliphatic heterocycles. The van der Waals surface area contributed by atoms with Gasteiger partial charge in [0, 0.05) is 18.0 Å². The van der Waals surface area contributed by atoms with Crippen LogP contribution in [0.3, 0.4) is 0 Å². The van der Waals surface area contributed by atoms with E-state index in [9.17, 15) is 13.2 Å². The summed E-state index contributed by atoms with van der Waals surface area (Å²) in [6.45, 7) is 0.507. The molecule has 0 spiro atoms. The van der Waals surface area contributed by atoms with Crippen molar-refractivity contribution in [2.24, 2.45) is 0 Å². The van der Waals surface area contributed by atoms with Crippen LogP contribution in [0, 0.1) is 0 Å². The van der Waals surface area contributed by atoms with E-state index in [1.807, 2.05) is 0 Å². The number of hydrogen-bond acceptors (Lipinski definition) is 5. The van der Waals surface area contributed by atoms with Crippen LogP contribution in [0.4, 0.5) is 0 Å². The lowest BCUT2D eigenvalue weighted by atomic mass is 10.2. The molecule has 0 fully saturated rings. The van der Waals surface area contributed by atoms with Gasteiger partial charge in [0.1, 0.15) is 4.21 Å². The summed E-state index contributed by atoms with van der Waals surface area (Å²) in [5, 5.41) is 17.3. The Kier molecular flexibility index (Phi) is 7.14. The first-order chi connectivity index (χ1) is 9.45. The summed E-state index contributed by atoms with van der Waals surface area (Å²) in [6.07, 6.45) is 3.02. The van der Waals surface area contributed by atoms with Gasteiger partial charge in [-0.25, -0.2) is 13.1 Å². The molecule has 114 valence electrons. The molecule has 1 aromatic heterocycles. The highest BCUT2D eigenvalue weighted by atomic mass is 32.2. The van der Waals surface area contributed by atoms with E-state index in [4.69, 9.17) is 10.2 Å². The molecular formula is C12H19NO5S2. The van der Waals surface area contributed by atoms with Crippen LogP contribution in [0.25, 0.3) is 0 Å². The van der Waals surface area contributed by atoms with Gasteiger partial charge < -0.3 is 10.2 Å². The molecule has 0 bridgehead atoms. The monoisotopic (exact) mass is 321 g/mol. The second-order valence-electron chi connectivity index (χ2n) is 4.33. The lowest BCUT2D eigenvalue weighted by molar-refractivity contribution is -0.136. The van der Waals surface area contributed by atoms with Crippen LogP contribution in [0.15, 0.2) is 16.3 Å². The highest BCUT2D eigenvalue weighted by molar-refractivity contribution is 7.91. The van der Waals surface area contributed by atoms with E-state index in [0.29, 0.717) is 17.8 Å². The highest BCUT2D eigenvalue weighted by Gasteiger charge is 2.16. The third kappa shape index (κ3) is 6.00. The van der Waals surface area contributed by atoms with Gasteiger partial charge in [0.05, 0.1) is 6.42 Å². The molecule has 6 nitrogen and oxygen atoms in total. The van der Waals surface area contributed by atoms with Crippen LogP contribution in [0.2, 0.25) is 0 Å². The van der Waals surface area contributed by atoms with E-state index in [2.05, 4.69) is 4.72 Å². The van der Waals surface area contributed by atoms with Crippen molar-refractivity contribution >= 4 is 27.3 Å². The lowest BCUT2D eigenvalue weighted by Crippen LogP contribution is -2.23. The van der Waals surface area contributed by atoms with Crippen molar-refractivity contribution in [1.82, 2.24) is 4.72 Å². The molecule has 0 aliphatic rings. The van der Waals surface area contributed by atoms with E-state index in [0.717, 1.165) is 30.6 Å². The Balaban J connectivity index is 2.43. The molecule has 0 saturated heterocycles. The average Bonchev–Trinajstić information content (AvgIpc) is 2.82. The van der Waals surface area contributed by atoms with Crippen LogP contribution in [0.5, 0.6) is 0 Å². The van der Waals surface area contributed by atoms with Crippen molar-refractivity contribution < 1.29 is 23.4 Å². The fourth-order valence-electron chi connectivity index (χ4n) is 1.61.